The number of nitrogen functional groups attached to an aromatic ring is 1. The highest BCUT2D eigenvalue weighted by Gasteiger charge is 2.04. The van der Waals surface area contributed by atoms with Crippen LogP contribution in [-0.2, 0) is 0 Å². The molecule has 4 heteroatoms. The van der Waals surface area contributed by atoms with E-state index in [2.05, 4.69) is 20.9 Å². The van der Waals surface area contributed by atoms with E-state index >= 15 is 0 Å². The first-order valence-corrected chi connectivity index (χ1v) is 5.51. The summed E-state index contributed by atoms with van der Waals surface area (Å²) in [6.07, 6.45) is 1.63. The zero-order chi connectivity index (χ0) is 10.8. The minimum atomic E-state index is 0.639. The lowest BCUT2D eigenvalue weighted by Gasteiger charge is -2.04. The molecule has 0 aliphatic heterocycles. The zero-order valence-corrected chi connectivity index (χ0v) is 10.1. The van der Waals surface area contributed by atoms with Crippen LogP contribution in [-0.4, -0.2) is 4.98 Å². The van der Waals surface area contributed by atoms with E-state index < -0.39 is 0 Å². The SMILES string of the molecule is Nc1cnc(-c2ccc(Cl)cc2)c(Br)c1. The van der Waals surface area contributed by atoms with Gasteiger partial charge >= 0.3 is 0 Å². The van der Waals surface area contributed by atoms with Crippen molar-refractivity contribution >= 4 is 33.2 Å². The molecule has 76 valence electrons. The van der Waals surface area contributed by atoms with Crippen molar-refractivity contribution in [3.63, 3.8) is 0 Å². The van der Waals surface area contributed by atoms with E-state index in [1.54, 1.807) is 6.20 Å². The van der Waals surface area contributed by atoms with Crippen LogP contribution in [0.5, 0.6) is 0 Å². The summed E-state index contributed by atoms with van der Waals surface area (Å²) in [5.74, 6) is 0. The average molecular weight is 284 g/mol. The number of nitrogens with two attached hydrogens (primary N) is 1. The maximum Gasteiger partial charge on any atom is 0.0845 e. The highest BCUT2D eigenvalue weighted by molar-refractivity contribution is 9.10. The first-order valence-electron chi connectivity index (χ1n) is 4.34. The number of rotatable bonds is 1. The summed E-state index contributed by atoms with van der Waals surface area (Å²) in [6.45, 7) is 0. The van der Waals surface area contributed by atoms with Crippen LogP contribution < -0.4 is 5.73 Å². The van der Waals surface area contributed by atoms with Gasteiger partial charge < -0.3 is 5.73 Å². The van der Waals surface area contributed by atoms with Crippen LogP contribution in [0.1, 0.15) is 0 Å². The van der Waals surface area contributed by atoms with Gasteiger partial charge in [0.05, 0.1) is 17.6 Å². The van der Waals surface area contributed by atoms with Crippen LogP contribution >= 0.6 is 27.5 Å². The lowest BCUT2D eigenvalue weighted by molar-refractivity contribution is 1.31. The number of pyridine rings is 1. The number of anilines is 1. The normalized spacial score (nSPS) is 10.3. The summed E-state index contributed by atoms with van der Waals surface area (Å²) in [5.41, 5.74) is 8.12. The van der Waals surface area contributed by atoms with Crippen LogP contribution in [0.15, 0.2) is 41.0 Å². The number of hydrogen-bond acceptors (Lipinski definition) is 2. The fourth-order valence-corrected chi connectivity index (χ4v) is 1.99. The van der Waals surface area contributed by atoms with E-state index in [1.807, 2.05) is 30.3 Å². The Kier molecular flexibility index (Phi) is 2.93. The van der Waals surface area contributed by atoms with E-state index in [0.29, 0.717) is 10.7 Å². The van der Waals surface area contributed by atoms with Crippen molar-refractivity contribution in [3.05, 3.63) is 46.0 Å². The maximum absolute atomic E-state index is 5.81. The first-order chi connectivity index (χ1) is 7.16. The van der Waals surface area contributed by atoms with Crippen molar-refractivity contribution < 1.29 is 0 Å². The molecule has 2 nitrogen and oxygen atoms in total. The van der Waals surface area contributed by atoms with Gasteiger partial charge in [0.15, 0.2) is 0 Å². The summed E-state index contributed by atoms with van der Waals surface area (Å²) in [6, 6.07) is 9.34. The van der Waals surface area contributed by atoms with E-state index in [4.69, 9.17) is 17.3 Å². The molecular formula is C11H8BrClN2. The van der Waals surface area contributed by atoms with Gasteiger partial charge in [0.25, 0.3) is 0 Å². The van der Waals surface area contributed by atoms with Gasteiger partial charge in [0, 0.05) is 15.1 Å². The second-order valence-electron chi connectivity index (χ2n) is 3.11. The summed E-state index contributed by atoms with van der Waals surface area (Å²) in [7, 11) is 0. The molecule has 0 saturated heterocycles. The molecule has 2 N–H and O–H groups in total. The van der Waals surface area contributed by atoms with Crippen LogP contribution in [0.4, 0.5) is 5.69 Å². The van der Waals surface area contributed by atoms with Gasteiger partial charge in [0.1, 0.15) is 0 Å². The standard InChI is InChI=1S/C11H8BrClN2/c12-10-5-9(14)6-15-11(10)7-1-3-8(13)4-2-7/h1-6H,14H2. The highest BCUT2D eigenvalue weighted by atomic mass is 79.9. The van der Waals surface area contributed by atoms with Crippen molar-refractivity contribution in [1.29, 1.82) is 0 Å². The molecular weight excluding hydrogens is 275 g/mol. The Morgan fingerprint density at radius 1 is 1.20 bits per heavy atom. The Morgan fingerprint density at radius 2 is 1.87 bits per heavy atom. The number of nitrogens with zero attached hydrogens (tertiary/aromatic N) is 1. The number of hydrogen-bond donors (Lipinski definition) is 1. The molecule has 0 unspecified atom stereocenters. The predicted octanol–water partition coefficient (Wildman–Crippen LogP) is 3.75. The Hall–Kier alpha value is -1.06. The highest BCUT2D eigenvalue weighted by Crippen LogP contribution is 2.28. The minimum Gasteiger partial charge on any atom is -0.397 e. The monoisotopic (exact) mass is 282 g/mol. The molecule has 1 heterocycles. The Bertz CT molecular complexity index is 482. The van der Waals surface area contributed by atoms with E-state index in [-0.39, 0.29) is 0 Å². The van der Waals surface area contributed by atoms with Crippen molar-refractivity contribution in [3.8, 4) is 11.3 Å². The summed E-state index contributed by atoms with van der Waals surface area (Å²) in [4.78, 5) is 4.26. The van der Waals surface area contributed by atoms with Gasteiger partial charge in [-0.05, 0) is 34.1 Å². The molecule has 0 spiro atoms. The van der Waals surface area contributed by atoms with Gasteiger partial charge in [-0.3, -0.25) is 4.98 Å². The predicted molar refractivity (Wildman–Crippen MR) is 66.8 cm³/mol. The topological polar surface area (TPSA) is 38.9 Å². The van der Waals surface area contributed by atoms with Gasteiger partial charge in [-0.1, -0.05) is 23.7 Å². The largest absolute Gasteiger partial charge is 0.397 e. The molecule has 0 amide bonds. The molecule has 0 fully saturated rings. The second kappa shape index (κ2) is 4.21. The van der Waals surface area contributed by atoms with Crippen LogP contribution in [0, 0.1) is 0 Å². The van der Waals surface area contributed by atoms with Crippen molar-refractivity contribution in [1.82, 2.24) is 4.98 Å². The molecule has 1 aromatic carbocycles. The molecule has 15 heavy (non-hydrogen) atoms. The van der Waals surface area contributed by atoms with Crippen LogP contribution in [0.25, 0.3) is 11.3 Å². The quantitative estimate of drug-likeness (QED) is 0.866. The third-order valence-electron chi connectivity index (χ3n) is 1.98. The summed E-state index contributed by atoms with van der Waals surface area (Å²) >= 11 is 9.24. The minimum absolute atomic E-state index is 0.639. The fraction of sp³-hybridized carbons (Fsp3) is 0. The molecule has 0 bridgehead atoms. The van der Waals surface area contributed by atoms with Crippen LogP contribution in [0.2, 0.25) is 5.02 Å². The molecule has 0 radical (unpaired) electrons. The number of aromatic nitrogens is 1. The van der Waals surface area contributed by atoms with Crippen molar-refractivity contribution in [2.24, 2.45) is 0 Å². The number of benzene rings is 1. The summed E-state index contributed by atoms with van der Waals surface area (Å²) in [5, 5.41) is 0.713. The molecule has 2 rings (SSSR count). The van der Waals surface area contributed by atoms with Gasteiger partial charge in [0.2, 0.25) is 0 Å². The lowest BCUT2D eigenvalue weighted by Crippen LogP contribution is -1.90. The second-order valence-corrected chi connectivity index (χ2v) is 4.40. The lowest BCUT2D eigenvalue weighted by atomic mass is 10.1. The summed E-state index contributed by atoms with van der Waals surface area (Å²) < 4.78 is 0.879. The number of halogens is 2. The van der Waals surface area contributed by atoms with Gasteiger partial charge in [-0.25, -0.2) is 0 Å². The van der Waals surface area contributed by atoms with Gasteiger partial charge in [-0.2, -0.15) is 0 Å². The molecule has 0 saturated carbocycles. The molecule has 1 aromatic heterocycles. The molecule has 2 aromatic rings. The Morgan fingerprint density at radius 3 is 2.47 bits per heavy atom. The first kappa shape index (κ1) is 10.5. The smallest absolute Gasteiger partial charge is 0.0845 e. The average Bonchev–Trinajstić information content (AvgIpc) is 2.20. The third-order valence-corrected chi connectivity index (χ3v) is 2.84. The molecule has 0 aliphatic rings. The zero-order valence-electron chi connectivity index (χ0n) is 7.74. The van der Waals surface area contributed by atoms with Crippen LogP contribution in [0.3, 0.4) is 0 Å². The van der Waals surface area contributed by atoms with E-state index in [0.717, 1.165) is 15.7 Å². The van der Waals surface area contributed by atoms with E-state index in [1.165, 1.54) is 0 Å². The fourth-order valence-electron chi connectivity index (χ4n) is 1.27. The van der Waals surface area contributed by atoms with Gasteiger partial charge in [-0.15, -0.1) is 0 Å². The van der Waals surface area contributed by atoms with Crippen molar-refractivity contribution in [2.75, 3.05) is 5.73 Å². The Balaban J connectivity index is 2.49. The molecule has 0 atom stereocenters. The molecule has 0 aliphatic carbocycles. The van der Waals surface area contributed by atoms with E-state index in [9.17, 15) is 0 Å². The van der Waals surface area contributed by atoms with Crippen molar-refractivity contribution in [2.45, 2.75) is 0 Å². The maximum atomic E-state index is 5.81. The Labute approximate surface area is 101 Å². The third kappa shape index (κ3) is 2.30.